The highest BCUT2D eigenvalue weighted by atomic mass is 32.2. The minimum Gasteiger partial charge on any atom is -0.282 e. The van der Waals surface area contributed by atoms with Gasteiger partial charge in [0, 0.05) is 35.7 Å². The van der Waals surface area contributed by atoms with Gasteiger partial charge in [0.2, 0.25) is 10.0 Å². The zero-order valence-electron chi connectivity index (χ0n) is 16.8. The summed E-state index contributed by atoms with van der Waals surface area (Å²) in [5.41, 5.74) is 5.21. The van der Waals surface area contributed by atoms with E-state index in [0.717, 1.165) is 33.2 Å². The summed E-state index contributed by atoms with van der Waals surface area (Å²) in [5.74, 6) is 0. The molecule has 0 amide bonds. The van der Waals surface area contributed by atoms with Gasteiger partial charge in [0.25, 0.3) is 0 Å². The van der Waals surface area contributed by atoms with E-state index in [1.54, 1.807) is 37.8 Å². The van der Waals surface area contributed by atoms with Crippen molar-refractivity contribution in [3.05, 3.63) is 73.4 Å². The van der Waals surface area contributed by atoms with Crippen LogP contribution in [0.1, 0.15) is 20.3 Å². The first-order valence-electron chi connectivity index (χ1n) is 9.74. The highest BCUT2D eigenvalue weighted by Gasteiger charge is 2.19. The molecule has 0 aliphatic rings. The number of benzene rings is 1. The molecule has 0 radical (unpaired) electrons. The second-order valence-electron chi connectivity index (χ2n) is 7.15. The Balaban J connectivity index is 1.76. The third kappa shape index (κ3) is 4.02. The molecule has 30 heavy (non-hydrogen) atoms. The molecule has 6 nitrogen and oxygen atoms in total. The van der Waals surface area contributed by atoms with Crippen LogP contribution in [0.15, 0.2) is 73.4 Å². The van der Waals surface area contributed by atoms with Gasteiger partial charge in [-0.3, -0.25) is 19.7 Å². The van der Waals surface area contributed by atoms with E-state index in [2.05, 4.69) is 25.7 Å². The van der Waals surface area contributed by atoms with E-state index in [1.807, 2.05) is 37.3 Å². The number of fused-ring (bicyclic) bond motifs is 1. The van der Waals surface area contributed by atoms with Crippen molar-refractivity contribution in [1.29, 1.82) is 0 Å². The van der Waals surface area contributed by atoms with Crippen molar-refractivity contribution < 1.29 is 8.42 Å². The standard InChI is InChI=1S/C23H22N4O2S/c1-3-16(2)30(28,29)27-20-12-19(14-25-15-20)18-4-5-23-22(13-18)21(8-11-26-23)17-6-9-24-10-7-17/h4-16,27H,3H2,1-2H3. The van der Waals surface area contributed by atoms with Crippen LogP contribution in [0.4, 0.5) is 5.69 Å². The molecule has 4 aromatic rings. The summed E-state index contributed by atoms with van der Waals surface area (Å²) in [6, 6.07) is 13.7. The molecule has 4 rings (SSSR count). The smallest absolute Gasteiger partial charge is 0.235 e. The Morgan fingerprint density at radius 2 is 1.70 bits per heavy atom. The number of anilines is 1. The number of hydrogen-bond donors (Lipinski definition) is 1. The molecule has 152 valence electrons. The first-order valence-corrected chi connectivity index (χ1v) is 11.3. The fraction of sp³-hybridized carbons (Fsp3) is 0.174. The Hall–Kier alpha value is -3.32. The second kappa shape index (κ2) is 8.20. The Morgan fingerprint density at radius 1 is 0.900 bits per heavy atom. The van der Waals surface area contributed by atoms with Crippen LogP contribution in [0.5, 0.6) is 0 Å². The number of aromatic nitrogens is 3. The van der Waals surface area contributed by atoms with Gasteiger partial charge in [0.1, 0.15) is 0 Å². The summed E-state index contributed by atoms with van der Waals surface area (Å²) >= 11 is 0. The fourth-order valence-corrected chi connectivity index (χ4v) is 4.33. The van der Waals surface area contributed by atoms with E-state index in [0.29, 0.717) is 12.1 Å². The number of nitrogens with zero attached hydrogens (tertiary/aromatic N) is 3. The molecule has 0 fully saturated rings. The highest BCUT2D eigenvalue weighted by Crippen LogP contribution is 2.31. The number of pyridine rings is 3. The van der Waals surface area contributed by atoms with Gasteiger partial charge < -0.3 is 0 Å². The maximum absolute atomic E-state index is 12.4. The lowest BCUT2D eigenvalue weighted by atomic mass is 9.98. The van der Waals surface area contributed by atoms with Crippen molar-refractivity contribution in [2.75, 3.05) is 4.72 Å². The number of rotatable bonds is 6. The van der Waals surface area contributed by atoms with Crippen molar-refractivity contribution in [1.82, 2.24) is 15.0 Å². The van der Waals surface area contributed by atoms with Crippen molar-refractivity contribution in [2.45, 2.75) is 25.5 Å². The van der Waals surface area contributed by atoms with Crippen LogP contribution in [0, 0.1) is 0 Å². The lowest BCUT2D eigenvalue weighted by Gasteiger charge is -2.14. The molecular formula is C23H22N4O2S. The summed E-state index contributed by atoms with van der Waals surface area (Å²) in [4.78, 5) is 12.8. The topological polar surface area (TPSA) is 84.8 Å². The van der Waals surface area contributed by atoms with E-state index in [1.165, 1.54) is 6.20 Å². The number of sulfonamides is 1. The van der Waals surface area contributed by atoms with E-state index in [-0.39, 0.29) is 0 Å². The van der Waals surface area contributed by atoms with Crippen LogP contribution in [-0.4, -0.2) is 28.6 Å². The first kappa shape index (κ1) is 20.0. The van der Waals surface area contributed by atoms with Crippen LogP contribution in [0.3, 0.4) is 0 Å². The molecule has 0 bridgehead atoms. The molecule has 0 aliphatic heterocycles. The third-order valence-corrected chi connectivity index (χ3v) is 7.08. The minimum atomic E-state index is -3.45. The monoisotopic (exact) mass is 418 g/mol. The van der Waals surface area contributed by atoms with Crippen molar-refractivity contribution >= 4 is 26.6 Å². The Labute approximate surface area is 176 Å². The van der Waals surface area contributed by atoms with Gasteiger partial charge in [-0.15, -0.1) is 0 Å². The molecule has 3 aromatic heterocycles. The highest BCUT2D eigenvalue weighted by molar-refractivity contribution is 7.93. The molecular weight excluding hydrogens is 396 g/mol. The second-order valence-corrected chi connectivity index (χ2v) is 9.25. The van der Waals surface area contributed by atoms with E-state index < -0.39 is 15.3 Å². The Morgan fingerprint density at radius 3 is 2.47 bits per heavy atom. The van der Waals surface area contributed by atoms with Gasteiger partial charge in [-0.1, -0.05) is 13.0 Å². The van der Waals surface area contributed by atoms with Gasteiger partial charge >= 0.3 is 0 Å². The van der Waals surface area contributed by atoms with E-state index >= 15 is 0 Å². The minimum absolute atomic E-state index is 0.452. The lowest BCUT2D eigenvalue weighted by Crippen LogP contribution is -2.24. The van der Waals surface area contributed by atoms with Crippen LogP contribution in [0.2, 0.25) is 0 Å². The van der Waals surface area contributed by atoms with E-state index in [4.69, 9.17) is 0 Å². The van der Waals surface area contributed by atoms with Crippen LogP contribution in [0.25, 0.3) is 33.2 Å². The average Bonchev–Trinajstić information content (AvgIpc) is 2.78. The molecule has 0 aliphatic carbocycles. The SMILES string of the molecule is CCC(C)S(=O)(=O)Nc1cncc(-c2ccc3nccc(-c4ccncc4)c3c2)c1. The zero-order chi connectivity index (χ0) is 21.1. The van der Waals surface area contributed by atoms with Gasteiger partial charge in [-0.2, -0.15) is 0 Å². The fourth-order valence-electron chi connectivity index (χ4n) is 3.25. The Bertz CT molecular complexity index is 1290. The molecule has 0 saturated carbocycles. The quantitative estimate of drug-likeness (QED) is 0.481. The van der Waals surface area contributed by atoms with Crippen molar-refractivity contribution in [3.63, 3.8) is 0 Å². The summed E-state index contributed by atoms with van der Waals surface area (Å²) in [6.45, 7) is 3.54. The normalized spacial score (nSPS) is 12.6. The molecule has 1 aromatic carbocycles. The maximum Gasteiger partial charge on any atom is 0.235 e. The van der Waals surface area contributed by atoms with Gasteiger partial charge in [0.05, 0.1) is 22.7 Å². The predicted molar refractivity (Wildman–Crippen MR) is 121 cm³/mol. The predicted octanol–water partition coefficient (Wildman–Crippen LogP) is 4.90. The molecule has 0 spiro atoms. The average molecular weight is 419 g/mol. The summed E-state index contributed by atoms with van der Waals surface area (Å²) in [6.07, 6.45) is 9.12. The van der Waals surface area contributed by atoms with Gasteiger partial charge in [-0.05, 0) is 66.4 Å². The van der Waals surface area contributed by atoms with Crippen LogP contribution < -0.4 is 4.72 Å². The molecule has 7 heteroatoms. The lowest BCUT2D eigenvalue weighted by molar-refractivity contribution is 0.586. The van der Waals surface area contributed by atoms with Crippen LogP contribution in [-0.2, 0) is 10.0 Å². The number of hydrogen-bond acceptors (Lipinski definition) is 5. The summed E-state index contributed by atoms with van der Waals surface area (Å²) in [5, 5.41) is 0.530. The van der Waals surface area contributed by atoms with Crippen molar-refractivity contribution in [3.8, 4) is 22.3 Å². The zero-order valence-corrected chi connectivity index (χ0v) is 17.6. The molecule has 1 N–H and O–H groups in total. The largest absolute Gasteiger partial charge is 0.282 e. The molecule has 3 heterocycles. The Kier molecular flexibility index (Phi) is 5.46. The molecule has 1 atom stereocenters. The summed E-state index contributed by atoms with van der Waals surface area (Å²) in [7, 11) is -3.45. The first-order chi connectivity index (χ1) is 14.5. The molecule has 1 unspecified atom stereocenters. The van der Waals surface area contributed by atoms with Gasteiger partial charge in [0.15, 0.2) is 0 Å². The van der Waals surface area contributed by atoms with Gasteiger partial charge in [-0.25, -0.2) is 8.42 Å². The van der Waals surface area contributed by atoms with Crippen molar-refractivity contribution in [2.24, 2.45) is 0 Å². The summed E-state index contributed by atoms with van der Waals surface area (Å²) < 4.78 is 27.4. The maximum atomic E-state index is 12.4. The number of nitrogens with one attached hydrogen (secondary N) is 1. The third-order valence-electron chi connectivity index (χ3n) is 5.17. The molecule has 0 saturated heterocycles. The van der Waals surface area contributed by atoms with E-state index in [9.17, 15) is 8.42 Å². The van der Waals surface area contributed by atoms with Crippen LogP contribution >= 0.6 is 0 Å².